The Morgan fingerprint density at radius 1 is 1.03 bits per heavy atom. The summed E-state index contributed by atoms with van der Waals surface area (Å²) in [7, 11) is 0. The maximum absolute atomic E-state index is 13.7. The largest absolute Gasteiger partial charge is 0.493 e. The van der Waals surface area contributed by atoms with E-state index < -0.39 is 23.4 Å². The molecular formula is C21H20F5N3O. The first-order valence-corrected chi connectivity index (χ1v) is 9.26. The molecule has 0 aliphatic heterocycles. The molecule has 0 bridgehead atoms. The molecule has 2 atom stereocenters. The van der Waals surface area contributed by atoms with Crippen LogP contribution in [0.1, 0.15) is 25.8 Å². The zero-order chi connectivity index (χ0) is 22.1. The van der Waals surface area contributed by atoms with E-state index in [0.29, 0.717) is 6.42 Å². The molecule has 0 spiro atoms. The maximum atomic E-state index is 13.7. The first-order valence-electron chi connectivity index (χ1n) is 9.26. The van der Waals surface area contributed by atoms with Crippen LogP contribution in [0, 0.1) is 17.6 Å². The summed E-state index contributed by atoms with van der Waals surface area (Å²) in [6, 6.07) is 5.12. The first kappa shape index (κ1) is 21.9. The number of hydrogen-bond acceptors (Lipinski definition) is 4. The van der Waals surface area contributed by atoms with E-state index in [1.165, 1.54) is 12.1 Å². The van der Waals surface area contributed by atoms with Crippen molar-refractivity contribution in [2.75, 3.05) is 6.61 Å². The molecule has 4 nitrogen and oxygen atoms in total. The predicted octanol–water partition coefficient (Wildman–Crippen LogP) is 5.35. The molecule has 2 unspecified atom stereocenters. The number of aromatic nitrogens is 2. The van der Waals surface area contributed by atoms with Gasteiger partial charge in [-0.3, -0.25) is 0 Å². The van der Waals surface area contributed by atoms with Crippen LogP contribution in [0.3, 0.4) is 0 Å². The molecule has 1 aromatic heterocycles. The second-order valence-electron chi connectivity index (χ2n) is 7.34. The van der Waals surface area contributed by atoms with Gasteiger partial charge in [-0.2, -0.15) is 13.2 Å². The van der Waals surface area contributed by atoms with E-state index in [2.05, 4.69) is 9.97 Å². The lowest BCUT2D eigenvalue weighted by atomic mass is 10.0. The van der Waals surface area contributed by atoms with Gasteiger partial charge < -0.3 is 10.5 Å². The smallest absolute Gasteiger partial charge is 0.419 e. The van der Waals surface area contributed by atoms with Crippen molar-refractivity contribution in [3.63, 3.8) is 0 Å². The quantitative estimate of drug-likeness (QED) is 0.541. The molecule has 30 heavy (non-hydrogen) atoms. The van der Waals surface area contributed by atoms with Gasteiger partial charge in [-0.25, -0.2) is 18.7 Å². The molecular weight excluding hydrogens is 405 g/mol. The van der Waals surface area contributed by atoms with Gasteiger partial charge in [0.2, 0.25) is 0 Å². The van der Waals surface area contributed by atoms with Gasteiger partial charge >= 0.3 is 6.18 Å². The highest BCUT2D eigenvalue weighted by Crippen LogP contribution is 2.39. The molecule has 0 fully saturated rings. The van der Waals surface area contributed by atoms with Crippen molar-refractivity contribution in [1.82, 2.24) is 9.97 Å². The monoisotopic (exact) mass is 425 g/mol. The number of alkyl halides is 3. The van der Waals surface area contributed by atoms with Crippen LogP contribution in [0.5, 0.6) is 5.75 Å². The molecule has 2 aromatic carbocycles. The third kappa shape index (κ3) is 4.84. The Balaban J connectivity index is 2.02. The number of ether oxygens (including phenoxy) is 1. The second-order valence-corrected chi connectivity index (χ2v) is 7.34. The number of halogens is 5. The van der Waals surface area contributed by atoms with Crippen molar-refractivity contribution >= 4 is 10.9 Å². The van der Waals surface area contributed by atoms with Gasteiger partial charge in [-0.05, 0) is 43.5 Å². The Morgan fingerprint density at radius 2 is 1.73 bits per heavy atom. The zero-order valence-electron chi connectivity index (χ0n) is 16.3. The summed E-state index contributed by atoms with van der Waals surface area (Å²) in [5.41, 5.74) is 4.95. The van der Waals surface area contributed by atoms with E-state index in [0.717, 1.165) is 24.5 Å². The number of benzene rings is 2. The van der Waals surface area contributed by atoms with E-state index in [1.54, 1.807) is 0 Å². The van der Waals surface area contributed by atoms with Crippen LogP contribution < -0.4 is 10.5 Å². The van der Waals surface area contributed by atoms with E-state index in [4.69, 9.17) is 10.5 Å². The lowest BCUT2D eigenvalue weighted by Gasteiger charge is -2.19. The summed E-state index contributed by atoms with van der Waals surface area (Å²) in [6.07, 6.45) is -2.99. The summed E-state index contributed by atoms with van der Waals surface area (Å²) < 4.78 is 73.6. The lowest BCUT2D eigenvalue weighted by molar-refractivity contribution is -0.139. The molecule has 160 valence electrons. The molecule has 0 amide bonds. The minimum Gasteiger partial charge on any atom is -0.493 e. The Labute approximate surface area is 169 Å². The van der Waals surface area contributed by atoms with Crippen LogP contribution in [0.25, 0.3) is 22.2 Å². The molecule has 0 radical (unpaired) electrons. The number of nitrogens with two attached hydrogens (primary N) is 1. The fraction of sp³-hybridized carbons (Fsp3) is 0.333. The lowest BCUT2D eigenvalue weighted by Crippen LogP contribution is -2.22. The van der Waals surface area contributed by atoms with E-state index in [9.17, 15) is 22.0 Å². The van der Waals surface area contributed by atoms with Gasteiger partial charge in [0.05, 0.1) is 23.4 Å². The van der Waals surface area contributed by atoms with Crippen molar-refractivity contribution < 1.29 is 26.7 Å². The minimum absolute atomic E-state index is 0.0329. The average molecular weight is 425 g/mol. The molecule has 1 heterocycles. The van der Waals surface area contributed by atoms with Gasteiger partial charge in [-0.1, -0.05) is 6.92 Å². The Morgan fingerprint density at radius 3 is 2.40 bits per heavy atom. The summed E-state index contributed by atoms with van der Waals surface area (Å²) in [5, 5.41) is 0.101. The van der Waals surface area contributed by atoms with E-state index in [-0.39, 0.29) is 46.5 Å². The second kappa shape index (κ2) is 8.51. The molecule has 2 N–H and O–H groups in total. The van der Waals surface area contributed by atoms with Crippen molar-refractivity contribution in [2.45, 2.75) is 32.5 Å². The van der Waals surface area contributed by atoms with Crippen molar-refractivity contribution in [3.05, 3.63) is 53.9 Å². The maximum Gasteiger partial charge on any atom is 0.419 e. The Kier molecular flexibility index (Phi) is 6.21. The number of hydrogen-bond donors (Lipinski definition) is 1. The summed E-state index contributed by atoms with van der Waals surface area (Å²) >= 11 is 0. The molecule has 3 rings (SSSR count). The van der Waals surface area contributed by atoms with Crippen LogP contribution in [0.4, 0.5) is 22.0 Å². The van der Waals surface area contributed by atoms with Gasteiger partial charge in [0.25, 0.3) is 0 Å². The highest BCUT2D eigenvalue weighted by Gasteiger charge is 2.35. The third-order valence-corrected chi connectivity index (χ3v) is 4.53. The molecule has 9 heteroatoms. The predicted molar refractivity (Wildman–Crippen MR) is 103 cm³/mol. The normalized spacial score (nSPS) is 14.0. The minimum atomic E-state index is -4.68. The van der Waals surface area contributed by atoms with Crippen LogP contribution >= 0.6 is 0 Å². The standard InChI is InChI=1S/C21H20F5N3O/c1-11(5-12(2)27)9-30-19-4-3-13(6-15(19)21(24,25)26)20-14-7-16(22)17(23)8-18(14)28-10-29-20/h3-4,6-8,10-12H,5,9,27H2,1-2H3. The average Bonchev–Trinajstić information content (AvgIpc) is 2.65. The molecule has 0 aliphatic carbocycles. The van der Waals surface area contributed by atoms with Crippen molar-refractivity contribution in [2.24, 2.45) is 11.7 Å². The van der Waals surface area contributed by atoms with E-state index in [1.807, 2.05) is 13.8 Å². The molecule has 0 saturated carbocycles. The van der Waals surface area contributed by atoms with Crippen LogP contribution in [-0.2, 0) is 6.18 Å². The summed E-state index contributed by atoms with van der Waals surface area (Å²) in [4.78, 5) is 7.84. The van der Waals surface area contributed by atoms with Gasteiger partial charge in [0.15, 0.2) is 11.6 Å². The summed E-state index contributed by atoms with van der Waals surface area (Å²) in [6.45, 7) is 3.73. The number of nitrogens with zero attached hydrogens (tertiary/aromatic N) is 2. The van der Waals surface area contributed by atoms with Gasteiger partial charge in [0.1, 0.15) is 12.1 Å². The molecule has 0 aliphatic rings. The third-order valence-electron chi connectivity index (χ3n) is 4.53. The first-order chi connectivity index (χ1) is 14.1. The SMILES string of the molecule is CC(N)CC(C)COc1ccc(-c2ncnc3cc(F)c(F)cc23)cc1C(F)(F)F. The fourth-order valence-electron chi connectivity index (χ4n) is 3.24. The van der Waals surface area contributed by atoms with Crippen LogP contribution in [0.15, 0.2) is 36.7 Å². The molecule has 0 saturated heterocycles. The van der Waals surface area contributed by atoms with Crippen LogP contribution in [0.2, 0.25) is 0 Å². The zero-order valence-corrected chi connectivity index (χ0v) is 16.3. The number of rotatable bonds is 6. The van der Waals surface area contributed by atoms with Crippen molar-refractivity contribution in [1.29, 1.82) is 0 Å². The summed E-state index contributed by atoms with van der Waals surface area (Å²) in [5.74, 6) is -2.60. The number of fused-ring (bicyclic) bond motifs is 1. The Bertz CT molecular complexity index is 1050. The molecule has 3 aromatic rings. The highest BCUT2D eigenvalue weighted by atomic mass is 19.4. The van der Waals surface area contributed by atoms with Gasteiger partial charge in [0, 0.05) is 23.1 Å². The highest BCUT2D eigenvalue weighted by molar-refractivity contribution is 5.92. The van der Waals surface area contributed by atoms with Crippen LogP contribution in [-0.4, -0.2) is 22.6 Å². The van der Waals surface area contributed by atoms with Gasteiger partial charge in [-0.15, -0.1) is 0 Å². The topological polar surface area (TPSA) is 61.0 Å². The fourth-order valence-corrected chi connectivity index (χ4v) is 3.24. The Hall–Kier alpha value is -2.81. The van der Waals surface area contributed by atoms with Crippen molar-refractivity contribution in [3.8, 4) is 17.0 Å². The van der Waals surface area contributed by atoms with E-state index >= 15 is 0 Å².